The lowest BCUT2D eigenvalue weighted by molar-refractivity contribution is -0.0268. The van der Waals surface area contributed by atoms with Gasteiger partial charge in [-0.15, -0.1) is 5.73 Å². The zero-order chi connectivity index (χ0) is 12.6. The first-order valence-corrected chi connectivity index (χ1v) is 5.71. The zero-order valence-corrected chi connectivity index (χ0v) is 10.5. The summed E-state index contributed by atoms with van der Waals surface area (Å²) in [6.07, 6.45) is 1.42. The number of hydrogen-bond acceptors (Lipinski definition) is 3. The molecule has 3 heteroatoms. The SMILES string of the molecule is CC(O)C=C=C1C(C)(C)C[C@H](O)C[C@]1(C)O. The molecule has 0 aromatic carbocycles. The monoisotopic (exact) mass is 226 g/mol. The third-order valence-electron chi connectivity index (χ3n) is 3.06. The van der Waals surface area contributed by atoms with Crippen molar-refractivity contribution in [3.63, 3.8) is 0 Å². The topological polar surface area (TPSA) is 60.7 Å². The Morgan fingerprint density at radius 3 is 2.38 bits per heavy atom. The summed E-state index contributed by atoms with van der Waals surface area (Å²) in [7, 11) is 0. The molecule has 1 saturated carbocycles. The summed E-state index contributed by atoms with van der Waals surface area (Å²) in [6.45, 7) is 7.28. The van der Waals surface area contributed by atoms with E-state index in [4.69, 9.17) is 0 Å². The smallest absolute Gasteiger partial charge is 0.0931 e. The molecule has 0 spiro atoms. The number of aliphatic hydroxyl groups is 3. The van der Waals surface area contributed by atoms with Crippen molar-refractivity contribution in [1.29, 1.82) is 0 Å². The van der Waals surface area contributed by atoms with E-state index in [1.807, 2.05) is 13.8 Å². The second-order valence-electron chi connectivity index (χ2n) is 5.65. The van der Waals surface area contributed by atoms with Gasteiger partial charge >= 0.3 is 0 Å². The number of hydrogen-bond donors (Lipinski definition) is 3. The Bertz CT molecular complexity index is 300. The first-order chi connectivity index (χ1) is 7.15. The molecule has 1 rings (SSSR count). The molecule has 0 saturated heterocycles. The fourth-order valence-corrected chi connectivity index (χ4v) is 2.61. The lowest BCUT2D eigenvalue weighted by Gasteiger charge is -2.43. The summed E-state index contributed by atoms with van der Waals surface area (Å²) in [5, 5.41) is 29.2. The van der Waals surface area contributed by atoms with Gasteiger partial charge in [-0.3, -0.25) is 0 Å². The maximum absolute atomic E-state index is 10.3. The quantitative estimate of drug-likeness (QED) is 0.592. The molecule has 0 bridgehead atoms. The Balaban J connectivity index is 3.17. The fourth-order valence-electron chi connectivity index (χ4n) is 2.61. The van der Waals surface area contributed by atoms with Gasteiger partial charge < -0.3 is 15.3 Å². The van der Waals surface area contributed by atoms with Crippen molar-refractivity contribution >= 4 is 0 Å². The van der Waals surface area contributed by atoms with Gasteiger partial charge in [0.1, 0.15) is 0 Å². The minimum Gasteiger partial charge on any atom is -0.393 e. The molecule has 92 valence electrons. The van der Waals surface area contributed by atoms with Crippen LogP contribution in [0.15, 0.2) is 17.4 Å². The Hall–Kier alpha value is -0.600. The maximum atomic E-state index is 10.3. The van der Waals surface area contributed by atoms with Gasteiger partial charge in [0, 0.05) is 12.0 Å². The fraction of sp³-hybridized carbons (Fsp3) is 0.769. The summed E-state index contributed by atoms with van der Waals surface area (Å²) in [4.78, 5) is 0. The lowest BCUT2D eigenvalue weighted by atomic mass is 9.65. The van der Waals surface area contributed by atoms with Crippen LogP contribution in [0.25, 0.3) is 0 Å². The maximum Gasteiger partial charge on any atom is 0.0931 e. The van der Waals surface area contributed by atoms with E-state index in [2.05, 4.69) is 5.73 Å². The minimum absolute atomic E-state index is 0.299. The summed E-state index contributed by atoms with van der Waals surface area (Å²) in [5.74, 6) is 0. The van der Waals surface area contributed by atoms with Crippen LogP contribution in [-0.4, -0.2) is 33.1 Å². The van der Waals surface area contributed by atoms with Crippen LogP contribution in [-0.2, 0) is 0 Å². The van der Waals surface area contributed by atoms with Gasteiger partial charge in [-0.2, -0.15) is 0 Å². The van der Waals surface area contributed by atoms with Crippen LogP contribution in [0.5, 0.6) is 0 Å². The van der Waals surface area contributed by atoms with Crippen molar-refractivity contribution in [2.45, 2.75) is 58.3 Å². The van der Waals surface area contributed by atoms with Crippen LogP contribution in [0.4, 0.5) is 0 Å². The lowest BCUT2D eigenvalue weighted by Crippen LogP contribution is -2.45. The molecule has 1 aliphatic rings. The van der Waals surface area contributed by atoms with E-state index in [9.17, 15) is 15.3 Å². The molecule has 1 aliphatic carbocycles. The molecule has 0 aliphatic heterocycles. The van der Waals surface area contributed by atoms with Crippen LogP contribution >= 0.6 is 0 Å². The molecule has 3 N–H and O–H groups in total. The molecule has 1 fully saturated rings. The van der Waals surface area contributed by atoms with Crippen molar-refractivity contribution in [2.75, 3.05) is 0 Å². The van der Waals surface area contributed by atoms with Gasteiger partial charge in [0.2, 0.25) is 0 Å². The molecule has 3 atom stereocenters. The average molecular weight is 226 g/mol. The van der Waals surface area contributed by atoms with Crippen LogP contribution in [0, 0.1) is 5.41 Å². The number of rotatable bonds is 1. The van der Waals surface area contributed by atoms with E-state index in [0.717, 1.165) is 5.57 Å². The van der Waals surface area contributed by atoms with Gasteiger partial charge in [-0.05, 0) is 31.8 Å². The standard InChI is InChI=1S/C13H22O3/c1-9(14)5-6-11-12(2,3)7-10(15)8-13(11,4)16/h5,9-10,14-16H,7-8H2,1-4H3/t6?,9?,10-,13-/m0/s1. The normalized spacial score (nSPS) is 35.4. The first-order valence-electron chi connectivity index (χ1n) is 5.71. The molecule has 1 unspecified atom stereocenters. The second-order valence-corrected chi connectivity index (χ2v) is 5.65. The highest BCUT2D eigenvalue weighted by Gasteiger charge is 2.44. The van der Waals surface area contributed by atoms with Crippen LogP contribution in [0.3, 0.4) is 0 Å². The van der Waals surface area contributed by atoms with Crippen molar-refractivity contribution in [3.8, 4) is 0 Å². The van der Waals surface area contributed by atoms with Crippen LogP contribution in [0.2, 0.25) is 0 Å². The Morgan fingerprint density at radius 1 is 1.38 bits per heavy atom. The third-order valence-corrected chi connectivity index (χ3v) is 3.06. The molecule has 0 heterocycles. The molecule has 0 aromatic rings. The van der Waals surface area contributed by atoms with E-state index >= 15 is 0 Å². The van der Waals surface area contributed by atoms with Gasteiger partial charge in [-0.1, -0.05) is 13.8 Å². The van der Waals surface area contributed by atoms with Gasteiger partial charge in [0.05, 0.1) is 17.8 Å². The summed E-state index contributed by atoms with van der Waals surface area (Å²) < 4.78 is 0. The Labute approximate surface area is 97.1 Å². The molecular formula is C13H22O3. The minimum atomic E-state index is -1.05. The molecule has 3 nitrogen and oxygen atoms in total. The Kier molecular flexibility index (Phi) is 3.65. The summed E-state index contributed by atoms with van der Waals surface area (Å²) in [5.41, 5.74) is 2.41. The van der Waals surface area contributed by atoms with Crippen molar-refractivity contribution < 1.29 is 15.3 Å². The van der Waals surface area contributed by atoms with E-state index in [1.165, 1.54) is 0 Å². The van der Waals surface area contributed by atoms with E-state index in [1.54, 1.807) is 19.9 Å². The van der Waals surface area contributed by atoms with Crippen molar-refractivity contribution in [2.24, 2.45) is 5.41 Å². The molecule has 16 heavy (non-hydrogen) atoms. The first kappa shape index (κ1) is 13.5. The van der Waals surface area contributed by atoms with Gasteiger partial charge in [-0.25, -0.2) is 0 Å². The van der Waals surface area contributed by atoms with Crippen LogP contribution < -0.4 is 0 Å². The highest BCUT2D eigenvalue weighted by Crippen LogP contribution is 2.45. The van der Waals surface area contributed by atoms with E-state index in [0.29, 0.717) is 12.8 Å². The zero-order valence-electron chi connectivity index (χ0n) is 10.5. The van der Waals surface area contributed by atoms with Crippen molar-refractivity contribution in [3.05, 3.63) is 17.4 Å². The highest BCUT2D eigenvalue weighted by molar-refractivity contribution is 5.26. The summed E-state index contributed by atoms with van der Waals surface area (Å²) >= 11 is 0. The summed E-state index contributed by atoms with van der Waals surface area (Å²) in [6, 6.07) is 0. The van der Waals surface area contributed by atoms with Crippen molar-refractivity contribution in [1.82, 2.24) is 0 Å². The molecule has 0 aromatic heterocycles. The highest BCUT2D eigenvalue weighted by atomic mass is 16.3. The van der Waals surface area contributed by atoms with Gasteiger partial charge in [0.25, 0.3) is 0 Å². The molecular weight excluding hydrogens is 204 g/mol. The third kappa shape index (κ3) is 2.96. The molecule has 0 amide bonds. The van der Waals surface area contributed by atoms with Crippen LogP contribution in [0.1, 0.15) is 40.5 Å². The predicted molar refractivity (Wildman–Crippen MR) is 62.9 cm³/mol. The Morgan fingerprint density at radius 2 is 1.94 bits per heavy atom. The molecule has 0 radical (unpaired) electrons. The van der Waals surface area contributed by atoms with E-state index < -0.39 is 17.8 Å². The number of aliphatic hydroxyl groups excluding tert-OH is 2. The largest absolute Gasteiger partial charge is 0.393 e. The second kappa shape index (κ2) is 4.34. The van der Waals surface area contributed by atoms with E-state index in [-0.39, 0.29) is 5.41 Å². The average Bonchev–Trinajstić information content (AvgIpc) is 1.96. The predicted octanol–water partition coefficient (Wildman–Crippen LogP) is 1.38. The van der Waals surface area contributed by atoms with Gasteiger partial charge in [0.15, 0.2) is 0 Å².